The molecule has 1 rings (SSSR count). The van der Waals surface area contributed by atoms with Crippen LogP contribution in [0.1, 0.15) is 5.56 Å². The molecule has 0 unspecified atom stereocenters. The van der Waals surface area contributed by atoms with E-state index in [9.17, 15) is 4.79 Å². The molecule has 0 fully saturated rings. The second-order valence-corrected chi connectivity index (χ2v) is 3.04. The number of hydrogen-bond acceptors (Lipinski definition) is 3. The summed E-state index contributed by atoms with van der Waals surface area (Å²) in [6.45, 7) is 1.97. The molecule has 0 aromatic heterocycles. The standard InChI is InChI=1S/C9H9IO3/c1-7-2-4-8(5-3-7)13-9(11)12-6-10/h2-5H,6H2,1H3. The van der Waals surface area contributed by atoms with Crippen LogP contribution in [0.5, 0.6) is 5.75 Å². The van der Waals surface area contributed by atoms with Gasteiger partial charge in [0.05, 0.1) is 0 Å². The van der Waals surface area contributed by atoms with Crippen LogP contribution in [0.2, 0.25) is 0 Å². The van der Waals surface area contributed by atoms with Gasteiger partial charge in [-0.05, 0) is 41.6 Å². The maximum absolute atomic E-state index is 10.8. The Morgan fingerprint density at radius 1 is 1.38 bits per heavy atom. The average Bonchev–Trinajstić information content (AvgIpc) is 2.09. The second kappa shape index (κ2) is 5.06. The van der Waals surface area contributed by atoms with Gasteiger partial charge in [-0.2, -0.15) is 0 Å². The predicted octanol–water partition coefficient (Wildman–Crippen LogP) is 2.90. The maximum atomic E-state index is 10.8. The summed E-state index contributed by atoms with van der Waals surface area (Å²) in [4.78, 5) is 10.8. The van der Waals surface area contributed by atoms with E-state index < -0.39 is 6.16 Å². The van der Waals surface area contributed by atoms with E-state index in [0.717, 1.165) is 5.56 Å². The van der Waals surface area contributed by atoms with Crippen LogP contribution in [0, 0.1) is 6.92 Å². The number of carbonyl (C=O) groups is 1. The number of rotatable bonds is 2. The van der Waals surface area contributed by atoms with Crippen molar-refractivity contribution in [3.8, 4) is 5.75 Å². The van der Waals surface area contributed by atoms with Gasteiger partial charge in [-0.3, -0.25) is 0 Å². The third-order valence-corrected chi connectivity index (χ3v) is 1.71. The minimum absolute atomic E-state index is 0.294. The van der Waals surface area contributed by atoms with Crippen LogP contribution in [-0.4, -0.2) is 10.8 Å². The number of hydrogen-bond donors (Lipinski definition) is 0. The molecule has 0 saturated heterocycles. The van der Waals surface area contributed by atoms with Crippen molar-refractivity contribution in [2.75, 3.05) is 4.61 Å². The fourth-order valence-corrected chi connectivity index (χ4v) is 1.03. The van der Waals surface area contributed by atoms with Gasteiger partial charge in [-0.25, -0.2) is 4.79 Å². The van der Waals surface area contributed by atoms with Gasteiger partial charge in [0.1, 0.15) is 10.4 Å². The first-order chi connectivity index (χ1) is 6.22. The van der Waals surface area contributed by atoms with Gasteiger partial charge in [-0.15, -0.1) is 0 Å². The van der Waals surface area contributed by atoms with Crippen molar-refractivity contribution in [1.82, 2.24) is 0 Å². The minimum Gasteiger partial charge on any atom is -0.423 e. The minimum atomic E-state index is -0.668. The number of benzene rings is 1. The van der Waals surface area contributed by atoms with E-state index in [-0.39, 0.29) is 0 Å². The largest absolute Gasteiger partial charge is 0.514 e. The van der Waals surface area contributed by atoms with Crippen LogP contribution in [0.15, 0.2) is 24.3 Å². The van der Waals surface area contributed by atoms with Crippen LogP contribution in [0.4, 0.5) is 4.79 Å². The molecule has 70 valence electrons. The normalized spacial score (nSPS) is 9.38. The van der Waals surface area contributed by atoms with Crippen molar-refractivity contribution in [1.29, 1.82) is 0 Å². The molecule has 0 amide bonds. The summed E-state index contributed by atoms with van der Waals surface area (Å²) in [5.74, 6) is 0.500. The van der Waals surface area contributed by atoms with Crippen LogP contribution in [-0.2, 0) is 4.74 Å². The Balaban J connectivity index is 2.54. The van der Waals surface area contributed by atoms with E-state index in [2.05, 4.69) is 4.74 Å². The highest BCUT2D eigenvalue weighted by Gasteiger charge is 2.03. The molecule has 0 N–H and O–H groups in total. The van der Waals surface area contributed by atoms with Crippen molar-refractivity contribution < 1.29 is 14.3 Å². The highest BCUT2D eigenvalue weighted by molar-refractivity contribution is 14.1. The summed E-state index contributed by atoms with van der Waals surface area (Å²) in [6.07, 6.45) is -0.668. The zero-order chi connectivity index (χ0) is 9.68. The quantitative estimate of drug-likeness (QED) is 0.364. The van der Waals surface area contributed by atoms with E-state index in [0.29, 0.717) is 10.4 Å². The highest BCUT2D eigenvalue weighted by atomic mass is 127. The number of carbonyl (C=O) groups excluding carboxylic acids is 1. The first-order valence-electron chi connectivity index (χ1n) is 3.69. The fraction of sp³-hybridized carbons (Fsp3) is 0.222. The van der Waals surface area contributed by atoms with Gasteiger partial charge in [0, 0.05) is 0 Å². The number of halogens is 1. The number of aryl methyl sites for hydroxylation is 1. The van der Waals surface area contributed by atoms with Gasteiger partial charge in [0.2, 0.25) is 0 Å². The van der Waals surface area contributed by atoms with Gasteiger partial charge in [0.15, 0.2) is 0 Å². The molecule has 0 radical (unpaired) electrons. The van der Waals surface area contributed by atoms with Crippen LogP contribution in [0.25, 0.3) is 0 Å². The summed E-state index contributed by atoms with van der Waals surface area (Å²) < 4.78 is 9.74. The monoisotopic (exact) mass is 292 g/mol. The summed E-state index contributed by atoms with van der Waals surface area (Å²) in [7, 11) is 0. The number of ether oxygens (including phenoxy) is 2. The lowest BCUT2D eigenvalue weighted by Crippen LogP contribution is -2.08. The highest BCUT2D eigenvalue weighted by Crippen LogP contribution is 2.11. The van der Waals surface area contributed by atoms with E-state index in [4.69, 9.17) is 4.74 Å². The van der Waals surface area contributed by atoms with Crippen molar-refractivity contribution in [2.45, 2.75) is 6.92 Å². The zero-order valence-corrected chi connectivity index (χ0v) is 9.28. The third-order valence-electron chi connectivity index (χ3n) is 1.39. The topological polar surface area (TPSA) is 35.5 Å². The fourth-order valence-electron chi connectivity index (χ4n) is 0.777. The van der Waals surface area contributed by atoms with Crippen molar-refractivity contribution in [2.24, 2.45) is 0 Å². The van der Waals surface area contributed by atoms with Gasteiger partial charge in [0.25, 0.3) is 0 Å². The third kappa shape index (κ3) is 3.63. The number of alkyl halides is 1. The van der Waals surface area contributed by atoms with Gasteiger partial charge >= 0.3 is 6.16 Å². The Morgan fingerprint density at radius 2 is 2.00 bits per heavy atom. The molecule has 0 spiro atoms. The Labute approximate surface area is 90.2 Å². The van der Waals surface area contributed by atoms with E-state index in [1.165, 1.54) is 0 Å². The Kier molecular flexibility index (Phi) is 4.01. The smallest absolute Gasteiger partial charge is 0.423 e. The van der Waals surface area contributed by atoms with Crippen LogP contribution in [0.3, 0.4) is 0 Å². The van der Waals surface area contributed by atoms with Gasteiger partial charge in [-0.1, -0.05) is 17.7 Å². The Morgan fingerprint density at radius 3 is 2.54 bits per heavy atom. The van der Waals surface area contributed by atoms with E-state index in [1.807, 2.05) is 41.6 Å². The van der Waals surface area contributed by atoms with Gasteiger partial charge < -0.3 is 9.47 Å². The summed E-state index contributed by atoms with van der Waals surface area (Å²) in [6, 6.07) is 7.19. The first-order valence-corrected chi connectivity index (χ1v) is 5.22. The van der Waals surface area contributed by atoms with Crippen LogP contribution >= 0.6 is 22.6 Å². The van der Waals surface area contributed by atoms with Crippen molar-refractivity contribution in [3.63, 3.8) is 0 Å². The Bertz CT molecular complexity index is 281. The lowest BCUT2D eigenvalue weighted by Gasteiger charge is -2.02. The molecule has 0 atom stereocenters. The first kappa shape index (κ1) is 10.3. The SMILES string of the molecule is Cc1ccc(OC(=O)OCI)cc1. The Hall–Kier alpha value is -0.780. The molecular formula is C9H9IO3. The average molecular weight is 292 g/mol. The molecule has 1 aromatic rings. The summed E-state index contributed by atoms with van der Waals surface area (Å²) >= 11 is 1.93. The second-order valence-electron chi connectivity index (χ2n) is 2.42. The maximum Gasteiger partial charge on any atom is 0.514 e. The lowest BCUT2D eigenvalue weighted by atomic mass is 10.2. The van der Waals surface area contributed by atoms with E-state index in [1.54, 1.807) is 12.1 Å². The van der Waals surface area contributed by atoms with Crippen molar-refractivity contribution in [3.05, 3.63) is 29.8 Å². The molecule has 0 saturated carbocycles. The zero-order valence-electron chi connectivity index (χ0n) is 7.12. The molecule has 0 aliphatic carbocycles. The van der Waals surface area contributed by atoms with Crippen LogP contribution < -0.4 is 4.74 Å². The summed E-state index contributed by atoms with van der Waals surface area (Å²) in [5.41, 5.74) is 1.12. The molecule has 0 aliphatic rings. The van der Waals surface area contributed by atoms with Crippen molar-refractivity contribution >= 4 is 28.7 Å². The molecule has 0 bridgehead atoms. The van der Waals surface area contributed by atoms with E-state index >= 15 is 0 Å². The molecule has 0 aliphatic heterocycles. The molecule has 3 nitrogen and oxygen atoms in total. The molecule has 0 heterocycles. The lowest BCUT2D eigenvalue weighted by molar-refractivity contribution is 0.119. The molecule has 13 heavy (non-hydrogen) atoms. The molecule has 4 heteroatoms. The predicted molar refractivity (Wildman–Crippen MR) is 57.2 cm³/mol. The molecular weight excluding hydrogens is 283 g/mol. The summed E-state index contributed by atoms with van der Waals surface area (Å²) in [5, 5.41) is 0. The molecule has 1 aromatic carbocycles.